The molecule has 0 aliphatic heterocycles. The van der Waals surface area contributed by atoms with Crippen molar-refractivity contribution in [2.45, 2.75) is 25.7 Å². The van der Waals surface area contributed by atoms with Gasteiger partial charge in [-0.15, -0.1) is 0 Å². The third kappa shape index (κ3) is 5.45. The minimum Gasteiger partial charge on any atom is -0.396 e. The Morgan fingerprint density at radius 3 is 2.71 bits per heavy atom. The lowest BCUT2D eigenvalue weighted by Gasteiger charge is -2.16. The first-order chi connectivity index (χ1) is 8.24. The van der Waals surface area contributed by atoms with Gasteiger partial charge in [-0.3, -0.25) is 9.78 Å². The van der Waals surface area contributed by atoms with E-state index in [-0.39, 0.29) is 12.5 Å². The molecule has 0 spiro atoms. The maximum absolute atomic E-state index is 11.7. The molecule has 0 fully saturated rings. The van der Waals surface area contributed by atoms with E-state index in [0.717, 1.165) is 19.4 Å². The van der Waals surface area contributed by atoms with Gasteiger partial charge in [0.25, 0.3) is 0 Å². The number of aliphatic hydroxyl groups is 1. The molecule has 1 aromatic heterocycles. The summed E-state index contributed by atoms with van der Waals surface area (Å²) < 4.78 is 0. The standard InChI is InChI=1S/C13H20N2O2/c1-15(13(17)4-2-3-11-16)10-7-12-5-8-14-9-6-12/h5-6,8-9,16H,2-4,7,10-11H2,1H3. The third-order valence-corrected chi connectivity index (χ3v) is 2.71. The van der Waals surface area contributed by atoms with Crippen molar-refractivity contribution in [3.63, 3.8) is 0 Å². The van der Waals surface area contributed by atoms with Crippen LogP contribution in [-0.2, 0) is 11.2 Å². The molecule has 1 heterocycles. The highest BCUT2D eigenvalue weighted by atomic mass is 16.3. The predicted octanol–water partition coefficient (Wildman–Crippen LogP) is 1.25. The fourth-order valence-corrected chi connectivity index (χ4v) is 1.55. The molecule has 0 aromatic carbocycles. The normalized spacial score (nSPS) is 10.2. The van der Waals surface area contributed by atoms with Gasteiger partial charge in [0.1, 0.15) is 0 Å². The van der Waals surface area contributed by atoms with Crippen LogP contribution in [0.15, 0.2) is 24.5 Å². The number of aromatic nitrogens is 1. The second-order valence-corrected chi connectivity index (χ2v) is 4.10. The molecule has 0 saturated heterocycles. The number of carbonyl (C=O) groups is 1. The zero-order valence-corrected chi connectivity index (χ0v) is 10.3. The minimum absolute atomic E-state index is 0.146. The molecule has 1 rings (SSSR count). The van der Waals surface area contributed by atoms with Crippen LogP contribution in [0.1, 0.15) is 24.8 Å². The van der Waals surface area contributed by atoms with Gasteiger partial charge < -0.3 is 10.0 Å². The molecule has 94 valence electrons. The number of likely N-dealkylation sites (N-methyl/N-ethyl adjacent to an activating group) is 1. The van der Waals surface area contributed by atoms with Crippen molar-refractivity contribution in [3.8, 4) is 0 Å². The summed E-state index contributed by atoms with van der Waals surface area (Å²) in [6.45, 7) is 0.885. The van der Waals surface area contributed by atoms with Crippen molar-refractivity contribution in [2.75, 3.05) is 20.2 Å². The fourth-order valence-electron chi connectivity index (χ4n) is 1.55. The Morgan fingerprint density at radius 2 is 2.06 bits per heavy atom. The number of amides is 1. The summed E-state index contributed by atoms with van der Waals surface area (Å²) in [6, 6.07) is 3.92. The van der Waals surface area contributed by atoms with Crippen molar-refractivity contribution in [2.24, 2.45) is 0 Å². The minimum atomic E-state index is 0.146. The van der Waals surface area contributed by atoms with Crippen molar-refractivity contribution in [3.05, 3.63) is 30.1 Å². The Morgan fingerprint density at radius 1 is 1.35 bits per heavy atom. The van der Waals surface area contributed by atoms with E-state index < -0.39 is 0 Å². The zero-order chi connectivity index (χ0) is 12.5. The molecule has 4 nitrogen and oxygen atoms in total. The Kier molecular flexibility index (Phi) is 6.25. The average molecular weight is 236 g/mol. The van der Waals surface area contributed by atoms with Crippen molar-refractivity contribution < 1.29 is 9.90 Å². The molecule has 0 unspecified atom stereocenters. The maximum atomic E-state index is 11.7. The van der Waals surface area contributed by atoms with E-state index in [1.165, 1.54) is 5.56 Å². The van der Waals surface area contributed by atoms with Gasteiger partial charge in [-0.05, 0) is 37.0 Å². The first kappa shape index (κ1) is 13.6. The van der Waals surface area contributed by atoms with Gasteiger partial charge in [-0.2, -0.15) is 0 Å². The Labute approximate surface area is 102 Å². The van der Waals surface area contributed by atoms with Crippen LogP contribution in [0.25, 0.3) is 0 Å². The Hall–Kier alpha value is -1.42. The monoisotopic (exact) mass is 236 g/mol. The van der Waals surface area contributed by atoms with Gasteiger partial charge in [0, 0.05) is 39.0 Å². The number of rotatable bonds is 7. The molecule has 4 heteroatoms. The van der Waals surface area contributed by atoms with Crippen LogP contribution in [0.4, 0.5) is 0 Å². The van der Waals surface area contributed by atoms with Crippen LogP contribution < -0.4 is 0 Å². The van der Waals surface area contributed by atoms with Gasteiger partial charge >= 0.3 is 0 Å². The molecular formula is C13H20N2O2. The van der Waals surface area contributed by atoms with Gasteiger partial charge in [-0.25, -0.2) is 0 Å². The molecule has 0 radical (unpaired) electrons. The SMILES string of the molecule is CN(CCc1ccncc1)C(=O)CCCCO. The molecule has 1 aromatic rings. The number of unbranched alkanes of at least 4 members (excludes halogenated alkanes) is 1. The van der Waals surface area contributed by atoms with E-state index in [0.29, 0.717) is 12.8 Å². The lowest BCUT2D eigenvalue weighted by Crippen LogP contribution is -2.28. The highest BCUT2D eigenvalue weighted by Gasteiger charge is 2.07. The quantitative estimate of drug-likeness (QED) is 0.725. The van der Waals surface area contributed by atoms with Crippen LogP contribution >= 0.6 is 0 Å². The van der Waals surface area contributed by atoms with Crippen LogP contribution in [0.2, 0.25) is 0 Å². The molecule has 0 atom stereocenters. The third-order valence-electron chi connectivity index (χ3n) is 2.71. The summed E-state index contributed by atoms with van der Waals surface area (Å²) in [5, 5.41) is 8.64. The summed E-state index contributed by atoms with van der Waals surface area (Å²) in [5.74, 6) is 0.146. The van der Waals surface area contributed by atoms with E-state index in [9.17, 15) is 4.79 Å². The average Bonchev–Trinajstić information content (AvgIpc) is 2.37. The summed E-state index contributed by atoms with van der Waals surface area (Å²) in [7, 11) is 1.82. The van der Waals surface area contributed by atoms with Gasteiger partial charge in [0.2, 0.25) is 5.91 Å². The number of carbonyl (C=O) groups excluding carboxylic acids is 1. The lowest BCUT2D eigenvalue weighted by atomic mass is 10.2. The molecule has 17 heavy (non-hydrogen) atoms. The van der Waals surface area contributed by atoms with Crippen molar-refractivity contribution in [1.82, 2.24) is 9.88 Å². The largest absolute Gasteiger partial charge is 0.396 e. The maximum Gasteiger partial charge on any atom is 0.222 e. The van der Waals surface area contributed by atoms with E-state index in [4.69, 9.17) is 5.11 Å². The summed E-state index contributed by atoms with van der Waals surface area (Å²) in [4.78, 5) is 17.4. The molecule has 0 aliphatic carbocycles. The first-order valence-electron chi connectivity index (χ1n) is 5.97. The van der Waals surface area contributed by atoms with Crippen LogP contribution in [0.5, 0.6) is 0 Å². The van der Waals surface area contributed by atoms with E-state index in [1.54, 1.807) is 17.3 Å². The van der Waals surface area contributed by atoms with Crippen molar-refractivity contribution >= 4 is 5.91 Å². The Bertz CT molecular complexity index is 327. The number of hydrogen-bond acceptors (Lipinski definition) is 3. The second kappa shape index (κ2) is 7.79. The van der Waals surface area contributed by atoms with E-state index in [2.05, 4.69) is 4.98 Å². The van der Waals surface area contributed by atoms with Crippen LogP contribution in [0.3, 0.4) is 0 Å². The number of nitrogens with zero attached hydrogens (tertiary/aromatic N) is 2. The molecule has 0 bridgehead atoms. The van der Waals surface area contributed by atoms with Crippen LogP contribution in [-0.4, -0.2) is 41.1 Å². The Balaban J connectivity index is 2.24. The lowest BCUT2D eigenvalue weighted by molar-refractivity contribution is -0.130. The smallest absolute Gasteiger partial charge is 0.222 e. The first-order valence-corrected chi connectivity index (χ1v) is 5.97. The van der Waals surface area contributed by atoms with Gasteiger partial charge in [-0.1, -0.05) is 0 Å². The zero-order valence-electron chi connectivity index (χ0n) is 10.3. The summed E-state index contributed by atoms with van der Waals surface area (Å²) in [5.41, 5.74) is 1.19. The second-order valence-electron chi connectivity index (χ2n) is 4.10. The highest BCUT2D eigenvalue weighted by Crippen LogP contribution is 2.02. The molecular weight excluding hydrogens is 216 g/mol. The number of aliphatic hydroxyl groups excluding tert-OH is 1. The fraction of sp³-hybridized carbons (Fsp3) is 0.538. The number of hydrogen-bond donors (Lipinski definition) is 1. The molecule has 0 aliphatic rings. The summed E-state index contributed by atoms with van der Waals surface area (Å²) in [6.07, 6.45) is 6.35. The molecule has 1 N–H and O–H groups in total. The van der Waals surface area contributed by atoms with Crippen LogP contribution in [0, 0.1) is 0 Å². The summed E-state index contributed by atoms with van der Waals surface area (Å²) >= 11 is 0. The van der Waals surface area contributed by atoms with Crippen molar-refractivity contribution in [1.29, 1.82) is 0 Å². The predicted molar refractivity (Wildman–Crippen MR) is 66.5 cm³/mol. The van der Waals surface area contributed by atoms with E-state index >= 15 is 0 Å². The molecule has 1 amide bonds. The highest BCUT2D eigenvalue weighted by molar-refractivity contribution is 5.75. The number of pyridine rings is 1. The topological polar surface area (TPSA) is 53.4 Å². The van der Waals surface area contributed by atoms with Gasteiger partial charge in [0.05, 0.1) is 0 Å². The van der Waals surface area contributed by atoms with Gasteiger partial charge in [0.15, 0.2) is 0 Å². The van der Waals surface area contributed by atoms with E-state index in [1.807, 2.05) is 19.2 Å². The molecule has 0 saturated carbocycles.